The van der Waals surface area contributed by atoms with E-state index in [0.717, 1.165) is 32.1 Å². The molecule has 1 aromatic carbocycles. The lowest BCUT2D eigenvalue weighted by Gasteiger charge is -2.58. The van der Waals surface area contributed by atoms with Crippen molar-refractivity contribution >= 4 is 28.5 Å². The van der Waals surface area contributed by atoms with Crippen LogP contribution in [0.3, 0.4) is 0 Å². The molecule has 5 nitrogen and oxygen atoms in total. The summed E-state index contributed by atoms with van der Waals surface area (Å²) in [6.07, 6.45) is 11.9. The summed E-state index contributed by atoms with van der Waals surface area (Å²) in [4.78, 5) is 16.3. The first-order valence-electron chi connectivity index (χ1n) is 14.5. The van der Waals surface area contributed by atoms with Gasteiger partial charge in [-0.1, -0.05) is 55.5 Å². The molecule has 3 fully saturated rings. The Morgan fingerprint density at radius 2 is 1.92 bits per heavy atom. The number of aliphatic hydroxyl groups is 1. The maximum Gasteiger partial charge on any atom is 0.258 e. The second-order valence-corrected chi connectivity index (χ2v) is 14.0. The van der Waals surface area contributed by atoms with Crippen molar-refractivity contribution in [3.8, 4) is 0 Å². The van der Waals surface area contributed by atoms with Gasteiger partial charge in [0.05, 0.1) is 17.9 Å². The van der Waals surface area contributed by atoms with Crippen LogP contribution < -0.4 is 0 Å². The molecule has 0 radical (unpaired) electrons. The van der Waals surface area contributed by atoms with Crippen molar-refractivity contribution in [3.05, 3.63) is 47.3 Å². The molecule has 202 valence electrons. The molecule has 0 aromatic heterocycles. The van der Waals surface area contributed by atoms with Crippen molar-refractivity contribution in [2.24, 2.45) is 44.6 Å². The van der Waals surface area contributed by atoms with Gasteiger partial charge < -0.3 is 5.11 Å². The third kappa shape index (κ3) is 3.71. The van der Waals surface area contributed by atoms with Gasteiger partial charge in [-0.25, -0.2) is 9.40 Å². The number of rotatable bonds is 2. The minimum atomic E-state index is -0.255. The average Bonchev–Trinajstić information content (AvgIpc) is 3.61. The number of hydrogen-bond donors (Lipinski definition) is 1. The van der Waals surface area contributed by atoms with Gasteiger partial charge in [0.1, 0.15) is 5.82 Å². The number of fused-ring (bicyclic) bond motifs is 5. The van der Waals surface area contributed by atoms with Gasteiger partial charge in [-0.2, -0.15) is 10.1 Å². The van der Waals surface area contributed by atoms with Gasteiger partial charge in [-0.15, -0.1) is 0 Å². The minimum absolute atomic E-state index is 0.138. The Hall–Kier alpha value is -1.99. The van der Waals surface area contributed by atoms with E-state index >= 15 is 0 Å². The maximum atomic E-state index is 15.0. The fraction of sp³-hybridized carbons (Fsp3) is 0.645. The molecule has 7 rings (SSSR count). The number of hydrogen-bond acceptors (Lipinski definition) is 5. The first kappa shape index (κ1) is 25.0. The van der Waals surface area contributed by atoms with Crippen LogP contribution in [0, 0.1) is 40.3 Å². The second-order valence-electron chi connectivity index (χ2n) is 13.1. The van der Waals surface area contributed by atoms with Gasteiger partial charge in [-0.3, -0.25) is 4.79 Å². The molecule has 1 unspecified atom stereocenters. The number of aliphatic imine (C=N–C) groups is 1. The topological polar surface area (TPSA) is 65.3 Å². The number of benzene rings is 1. The van der Waals surface area contributed by atoms with Crippen LogP contribution in [0.2, 0.25) is 0 Å². The van der Waals surface area contributed by atoms with Crippen LogP contribution in [0.5, 0.6) is 0 Å². The second kappa shape index (κ2) is 9.02. The van der Waals surface area contributed by atoms with Crippen molar-refractivity contribution in [3.63, 3.8) is 0 Å². The van der Waals surface area contributed by atoms with E-state index in [9.17, 15) is 14.3 Å². The zero-order chi connectivity index (χ0) is 26.2. The van der Waals surface area contributed by atoms with E-state index < -0.39 is 0 Å². The third-order valence-electron chi connectivity index (χ3n) is 11.4. The largest absolute Gasteiger partial charge is 0.393 e. The third-order valence-corrected chi connectivity index (χ3v) is 12.3. The molecule has 0 saturated heterocycles. The Morgan fingerprint density at radius 3 is 2.71 bits per heavy atom. The summed E-state index contributed by atoms with van der Waals surface area (Å²) in [5.74, 6) is 2.41. The predicted octanol–water partition coefficient (Wildman–Crippen LogP) is 6.50. The fourth-order valence-corrected chi connectivity index (χ4v) is 10.3. The summed E-state index contributed by atoms with van der Waals surface area (Å²) in [5, 5.41) is 18.0. The summed E-state index contributed by atoms with van der Waals surface area (Å²) in [7, 11) is 0. The van der Waals surface area contributed by atoms with E-state index in [2.05, 4.69) is 24.9 Å². The normalized spacial score (nSPS) is 42.3. The van der Waals surface area contributed by atoms with Crippen LogP contribution in [0.4, 0.5) is 4.39 Å². The summed E-state index contributed by atoms with van der Waals surface area (Å²) < 4.78 is 15.0. The van der Waals surface area contributed by atoms with Crippen molar-refractivity contribution in [2.75, 3.05) is 5.75 Å². The number of carbonyl (C=O) groups is 1. The maximum absolute atomic E-state index is 15.0. The highest BCUT2D eigenvalue weighted by molar-refractivity contribution is 8.14. The summed E-state index contributed by atoms with van der Waals surface area (Å²) in [6, 6.07) is 6.72. The molecule has 4 aliphatic carbocycles. The Morgan fingerprint density at radius 1 is 1.08 bits per heavy atom. The van der Waals surface area contributed by atoms with Crippen molar-refractivity contribution < 1.29 is 14.3 Å². The molecule has 2 heterocycles. The van der Waals surface area contributed by atoms with Crippen molar-refractivity contribution in [1.29, 1.82) is 0 Å². The van der Waals surface area contributed by atoms with E-state index in [1.807, 2.05) is 17.1 Å². The van der Waals surface area contributed by atoms with Crippen LogP contribution in [0.25, 0.3) is 0 Å². The van der Waals surface area contributed by atoms with Gasteiger partial charge >= 0.3 is 0 Å². The zero-order valence-electron chi connectivity index (χ0n) is 22.4. The molecule has 2 aliphatic heterocycles. The van der Waals surface area contributed by atoms with Gasteiger partial charge in [-0.05, 0) is 86.0 Å². The number of carbonyl (C=O) groups excluding carboxylic acids is 1. The van der Waals surface area contributed by atoms with Gasteiger partial charge in [0, 0.05) is 23.6 Å². The number of nitrogens with zero attached hydrogens (tertiary/aromatic N) is 3. The van der Waals surface area contributed by atoms with Crippen LogP contribution in [-0.4, -0.2) is 38.8 Å². The van der Waals surface area contributed by atoms with Gasteiger partial charge in [0.25, 0.3) is 5.91 Å². The first-order chi connectivity index (χ1) is 18.3. The molecule has 7 heteroatoms. The highest BCUT2D eigenvalue weighted by atomic mass is 32.2. The standard InChI is InChI=1S/C31H38FN3O2S/c1-30-13-11-19(36)15-18(30)7-8-20-22-9-10-24(31(22,2)14-12-23(20)30)26-16-27(21-5-3-4-6-25(21)32)35(34-26)29-33-28(37)17-38-29/h3-7,19-20,22-24,27,36H,8-17H2,1-2H3/t19-,20-,22-,23-,24+,27?,30-,31-/m0/s1. The molecule has 38 heavy (non-hydrogen) atoms. The summed E-state index contributed by atoms with van der Waals surface area (Å²) in [5.41, 5.74) is 3.75. The molecule has 6 aliphatic rings. The number of amides is 1. The average molecular weight is 536 g/mol. The summed E-state index contributed by atoms with van der Waals surface area (Å²) in [6.45, 7) is 4.99. The highest BCUT2D eigenvalue weighted by Crippen LogP contribution is 2.67. The monoisotopic (exact) mass is 535 g/mol. The highest BCUT2D eigenvalue weighted by Gasteiger charge is 2.60. The van der Waals surface area contributed by atoms with Crippen LogP contribution in [0.1, 0.15) is 83.2 Å². The number of allylic oxidation sites excluding steroid dienone is 1. The van der Waals surface area contributed by atoms with Crippen molar-refractivity contribution in [1.82, 2.24) is 5.01 Å². The molecule has 0 bridgehead atoms. The van der Waals surface area contributed by atoms with E-state index in [0.29, 0.717) is 46.6 Å². The molecule has 1 aromatic rings. The Balaban J connectivity index is 1.19. The van der Waals surface area contributed by atoms with Crippen LogP contribution in [0.15, 0.2) is 46.0 Å². The van der Waals surface area contributed by atoms with Gasteiger partial charge in [0.15, 0.2) is 5.17 Å². The summed E-state index contributed by atoms with van der Waals surface area (Å²) >= 11 is 1.42. The lowest BCUT2D eigenvalue weighted by atomic mass is 9.47. The number of aliphatic hydroxyl groups excluding tert-OH is 1. The molecular formula is C31H38FN3O2S. The minimum Gasteiger partial charge on any atom is -0.393 e. The molecule has 1 amide bonds. The fourth-order valence-electron chi connectivity index (χ4n) is 9.51. The lowest BCUT2D eigenvalue weighted by molar-refractivity contribution is -0.115. The lowest BCUT2D eigenvalue weighted by Crippen LogP contribution is -2.51. The molecular weight excluding hydrogens is 497 g/mol. The Kier molecular flexibility index (Phi) is 5.94. The predicted molar refractivity (Wildman–Crippen MR) is 149 cm³/mol. The number of thioether (sulfide) groups is 1. The van der Waals surface area contributed by atoms with Crippen LogP contribution in [-0.2, 0) is 4.79 Å². The Bertz CT molecular complexity index is 1260. The van der Waals surface area contributed by atoms with Crippen LogP contribution >= 0.6 is 11.8 Å². The first-order valence-corrected chi connectivity index (χ1v) is 15.5. The van der Waals surface area contributed by atoms with E-state index in [-0.39, 0.29) is 34.7 Å². The molecule has 1 N–H and O–H groups in total. The van der Waals surface area contributed by atoms with E-state index in [1.54, 1.807) is 6.07 Å². The quantitative estimate of drug-likeness (QED) is 0.439. The van der Waals surface area contributed by atoms with Gasteiger partial charge in [0.2, 0.25) is 0 Å². The Labute approximate surface area is 229 Å². The number of hydrazone groups is 1. The van der Waals surface area contributed by atoms with E-state index in [1.165, 1.54) is 48.4 Å². The zero-order valence-corrected chi connectivity index (χ0v) is 23.2. The number of halogens is 1. The van der Waals surface area contributed by atoms with E-state index in [4.69, 9.17) is 5.10 Å². The molecule has 8 atom stereocenters. The smallest absolute Gasteiger partial charge is 0.258 e. The molecule has 0 spiro atoms. The SMILES string of the molecule is C[C@]12CC[C@H]3[C@@H](CC=C4C[C@@H](O)CC[C@@]43C)[C@@H]1CC[C@@H]2C1=NN(C2=NC(=O)CS2)C(c2ccccc2F)C1. The molecule has 3 saturated carbocycles. The van der Waals surface area contributed by atoms with Crippen molar-refractivity contribution in [2.45, 2.75) is 83.8 Å². The number of amidine groups is 1.